The molecule has 2 aromatic rings. The molecule has 2 aromatic heterocycles. The van der Waals surface area contributed by atoms with Crippen LogP contribution < -0.4 is 5.32 Å². The summed E-state index contributed by atoms with van der Waals surface area (Å²) in [4.78, 5) is 22.4. The molecule has 0 aromatic carbocycles. The fourth-order valence-corrected chi connectivity index (χ4v) is 1.22. The third-order valence-electron chi connectivity index (χ3n) is 1.95. The summed E-state index contributed by atoms with van der Waals surface area (Å²) in [6.45, 7) is 1.84. The summed E-state index contributed by atoms with van der Waals surface area (Å²) in [6, 6.07) is 3.63. The van der Waals surface area contributed by atoms with Gasteiger partial charge in [0.2, 0.25) is 5.95 Å². The van der Waals surface area contributed by atoms with Crippen LogP contribution in [0.5, 0.6) is 0 Å². The summed E-state index contributed by atoms with van der Waals surface area (Å²) < 4.78 is 0. The van der Waals surface area contributed by atoms with Gasteiger partial charge in [-0.2, -0.15) is 0 Å². The number of nitrogens with zero attached hydrogens (tertiary/aromatic N) is 2. The van der Waals surface area contributed by atoms with E-state index in [0.717, 1.165) is 5.56 Å². The third-order valence-corrected chi connectivity index (χ3v) is 1.95. The molecule has 0 saturated heterocycles. The van der Waals surface area contributed by atoms with Gasteiger partial charge in [0.05, 0.1) is 0 Å². The molecule has 1 amide bonds. The van der Waals surface area contributed by atoms with Crippen LogP contribution in [0.25, 0.3) is 0 Å². The first-order valence-corrected chi connectivity index (χ1v) is 4.50. The molecule has 0 unspecified atom stereocenters. The molecule has 0 saturated carbocycles. The van der Waals surface area contributed by atoms with Gasteiger partial charge in [-0.3, -0.25) is 15.1 Å². The molecular weight excluding hydrogens is 192 g/mol. The van der Waals surface area contributed by atoms with Gasteiger partial charge >= 0.3 is 0 Å². The molecule has 0 bridgehead atoms. The van der Waals surface area contributed by atoms with Crippen LogP contribution in [0.4, 0.5) is 5.95 Å². The lowest BCUT2D eigenvalue weighted by Gasteiger charge is -2.03. The largest absolute Gasteiger partial charge is 0.331 e. The summed E-state index contributed by atoms with van der Waals surface area (Å²) in [7, 11) is 0. The van der Waals surface area contributed by atoms with E-state index in [9.17, 15) is 4.79 Å². The van der Waals surface area contributed by atoms with Crippen molar-refractivity contribution < 1.29 is 4.79 Å². The number of aryl methyl sites for hydroxylation is 1. The van der Waals surface area contributed by atoms with Gasteiger partial charge in [-0.1, -0.05) is 6.07 Å². The predicted molar refractivity (Wildman–Crippen MR) is 55.5 cm³/mol. The summed E-state index contributed by atoms with van der Waals surface area (Å²) in [6.07, 6.45) is 4.80. The van der Waals surface area contributed by atoms with Crippen LogP contribution in [0.3, 0.4) is 0 Å². The summed E-state index contributed by atoms with van der Waals surface area (Å²) in [5.41, 5.74) is 1.25. The second-order valence-corrected chi connectivity index (χ2v) is 3.06. The van der Waals surface area contributed by atoms with Gasteiger partial charge < -0.3 is 4.98 Å². The Morgan fingerprint density at radius 1 is 1.40 bits per heavy atom. The van der Waals surface area contributed by atoms with Crippen LogP contribution >= 0.6 is 0 Å². The molecule has 0 aliphatic rings. The molecule has 0 radical (unpaired) electrons. The van der Waals surface area contributed by atoms with Crippen molar-refractivity contribution in [1.29, 1.82) is 0 Å². The molecule has 5 nitrogen and oxygen atoms in total. The van der Waals surface area contributed by atoms with E-state index in [1.807, 2.05) is 13.0 Å². The van der Waals surface area contributed by atoms with E-state index < -0.39 is 0 Å². The third kappa shape index (κ3) is 2.01. The zero-order chi connectivity index (χ0) is 10.7. The maximum absolute atomic E-state index is 11.7. The predicted octanol–water partition coefficient (Wildman–Crippen LogP) is 1.37. The van der Waals surface area contributed by atoms with Gasteiger partial charge in [0, 0.05) is 18.6 Å². The van der Waals surface area contributed by atoms with Gasteiger partial charge in [0.1, 0.15) is 5.69 Å². The first kappa shape index (κ1) is 9.39. The first-order chi connectivity index (χ1) is 7.27. The molecule has 2 heterocycles. The highest BCUT2D eigenvalue weighted by Gasteiger charge is 2.10. The summed E-state index contributed by atoms with van der Waals surface area (Å²) >= 11 is 0. The Labute approximate surface area is 86.6 Å². The molecule has 0 atom stereocenters. The molecule has 0 aliphatic heterocycles. The van der Waals surface area contributed by atoms with Crippen molar-refractivity contribution in [1.82, 2.24) is 15.0 Å². The minimum absolute atomic E-state index is 0.261. The topological polar surface area (TPSA) is 70.7 Å². The van der Waals surface area contributed by atoms with Crippen molar-refractivity contribution in [3.05, 3.63) is 42.0 Å². The Kier molecular flexibility index (Phi) is 2.45. The fraction of sp³-hybridized carbons (Fsp3) is 0.100. The van der Waals surface area contributed by atoms with Crippen molar-refractivity contribution in [3.8, 4) is 0 Å². The van der Waals surface area contributed by atoms with E-state index in [0.29, 0.717) is 11.6 Å². The number of aromatic amines is 1. The van der Waals surface area contributed by atoms with E-state index in [-0.39, 0.29) is 5.91 Å². The van der Waals surface area contributed by atoms with Crippen LogP contribution in [0.15, 0.2) is 30.7 Å². The molecule has 0 spiro atoms. The zero-order valence-electron chi connectivity index (χ0n) is 8.19. The lowest BCUT2D eigenvalue weighted by Crippen LogP contribution is -2.15. The van der Waals surface area contributed by atoms with Crippen LogP contribution in [0.1, 0.15) is 16.1 Å². The van der Waals surface area contributed by atoms with E-state index in [4.69, 9.17) is 0 Å². The molecule has 5 heteroatoms. The van der Waals surface area contributed by atoms with Gasteiger partial charge in [0.15, 0.2) is 0 Å². The minimum Gasteiger partial charge on any atom is -0.331 e. The highest BCUT2D eigenvalue weighted by molar-refractivity contribution is 6.02. The smallest absolute Gasteiger partial charge is 0.276 e. The monoisotopic (exact) mass is 202 g/mol. The number of H-pyrrole nitrogens is 1. The van der Waals surface area contributed by atoms with Gasteiger partial charge in [-0.25, -0.2) is 4.98 Å². The Hall–Kier alpha value is -2.17. The van der Waals surface area contributed by atoms with Crippen molar-refractivity contribution in [3.63, 3.8) is 0 Å². The molecule has 2 N–H and O–H groups in total. The normalized spacial score (nSPS) is 9.93. The van der Waals surface area contributed by atoms with E-state index in [1.54, 1.807) is 24.7 Å². The van der Waals surface area contributed by atoms with Crippen molar-refractivity contribution in [2.45, 2.75) is 6.92 Å². The highest BCUT2D eigenvalue weighted by atomic mass is 16.2. The summed E-state index contributed by atoms with van der Waals surface area (Å²) in [5, 5.41) is 2.61. The number of pyridine rings is 1. The lowest BCUT2D eigenvalue weighted by molar-refractivity contribution is 0.102. The average molecular weight is 202 g/mol. The Morgan fingerprint density at radius 2 is 2.27 bits per heavy atom. The number of amides is 1. The fourth-order valence-electron chi connectivity index (χ4n) is 1.22. The number of carbonyl (C=O) groups excluding carboxylic acids is 1. The number of carbonyl (C=O) groups is 1. The van der Waals surface area contributed by atoms with Crippen molar-refractivity contribution in [2.24, 2.45) is 0 Å². The van der Waals surface area contributed by atoms with Crippen LogP contribution in [0.2, 0.25) is 0 Å². The average Bonchev–Trinajstić information content (AvgIpc) is 2.71. The van der Waals surface area contributed by atoms with Crippen LogP contribution in [-0.4, -0.2) is 20.9 Å². The number of aromatic nitrogens is 3. The lowest BCUT2D eigenvalue weighted by atomic mass is 10.2. The number of imidazole rings is 1. The van der Waals surface area contributed by atoms with E-state index >= 15 is 0 Å². The van der Waals surface area contributed by atoms with Crippen molar-refractivity contribution in [2.75, 3.05) is 5.32 Å². The minimum atomic E-state index is -0.261. The van der Waals surface area contributed by atoms with Gasteiger partial charge in [0.25, 0.3) is 5.91 Å². The Bertz CT molecular complexity index is 464. The number of rotatable bonds is 2. The van der Waals surface area contributed by atoms with Crippen molar-refractivity contribution >= 4 is 11.9 Å². The molecule has 15 heavy (non-hydrogen) atoms. The quantitative estimate of drug-likeness (QED) is 0.772. The Morgan fingerprint density at radius 3 is 2.93 bits per heavy atom. The molecule has 76 valence electrons. The van der Waals surface area contributed by atoms with E-state index in [2.05, 4.69) is 20.3 Å². The molecular formula is C10H10N4O. The highest BCUT2D eigenvalue weighted by Crippen LogP contribution is 2.05. The van der Waals surface area contributed by atoms with Crippen LogP contribution in [0, 0.1) is 6.92 Å². The number of hydrogen-bond acceptors (Lipinski definition) is 3. The maximum Gasteiger partial charge on any atom is 0.276 e. The number of hydrogen-bond donors (Lipinski definition) is 2. The van der Waals surface area contributed by atoms with Gasteiger partial charge in [-0.05, 0) is 18.6 Å². The number of nitrogens with one attached hydrogen (secondary N) is 2. The summed E-state index contributed by atoms with van der Waals surface area (Å²) in [5.74, 6) is 0.160. The molecule has 0 aliphatic carbocycles. The van der Waals surface area contributed by atoms with Crippen LogP contribution in [-0.2, 0) is 0 Å². The first-order valence-electron chi connectivity index (χ1n) is 4.50. The SMILES string of the molecule is Cc1cccnc1C(=O)Nc1ncc[nH]1. The zero-order valence-corrected chi connectivity index (χ0v) is 8.19. The number of anilines is 1. The second kappa shape index (κ2) is 3.91. The molecule has 0 fully saturated rings. The van der Waals surface area contributed by atoms with E-state index in [1.165, 1.54) is 0 Å². The second-order valence-electron chi connectivity index (χ2n) is 3.06. The Balaban J connectivity index is 2.19. The van der Waals surface area contributed by atoms with Gasteiger partial charge in [-0.15, -0.1) is 0 Å². The molecule has 2 rings (SSSR count). The maximum atomic E-state index is 11.7. The standard InChI is InChI=1S/C10H10N4O/c1-7-3-2-4-11-8(7)9(15)14-10-12-5-6-13-10/h2-6H,1H3,(H2,12,13,14,15).